The average molecular weight is 362 g/mol. The van der Waals surface area contributed by atoms with E-state index < -0.39 is 11.0 Å². The number of hydrogen-bond acceptors (Lipinski definition) is 1. The molecule has 2 spiro atoms. The number of nitrogens with one attached hydrogen (secondary N) is 1. The molecule has 0 aromatic heterocycles. The van der Waals surface area contributed by atoms with E-state index in [1.165, 1.54) is 51.4 Å². The molecule has 0 amide bonds. The highest BCUT2D eigenvalue weighted by Gasteiger charge is 2.71. The first-order valence-electron chi connectivity index (χ1n) is 10.4. The van der Waals surface area contributed by atoms with Gasteiger partial charge in [0.1, 0.15) is 0 Å². The molecule has 1 N–H and O–H groups in total. The Kier molecular flexibility index (Phi) is 4.35. The zero-order valence-corrected chi connectivity index (χ0v) is 17.3. The zero-order valence-electron chi connectivity index (χ0n) is 16.4. The molecular weight excluding hydrogens is 326 g/mol. The Hall–Kier alpha value is -0.410. The lowest BCUT2D eigenvalue weighted by atomic mass is 9.60. The lowest BCUT2D eigenvalue weighted by Crippen LogP contribution is -2.51. The second kappa shape index (κ2) is 6.05. The summed E-state index contributed by atoms with van der Waals surface area (Å²) in [5.41, 5.74) is 2.43. The fraction of sp³-hybridized carbons (Fsp3) is 0.818. The van der Waals surface area contributed by atoms with E-state index in [1.54, 1.807) is 5.57 Å². The number of rotatable bonds is 3. The highest BCUT2D eigenvalue weighted by molar-refractivity contribution is 7.84. The predicted molar refractivity (Wildman–Crippen MR) is 106 cm³/mol. The Morgan fingerprint density at radius 3 is 2.40 bits per heavy atom. The molecule has 1 unspecified atom stereocenters. The second-order valence-corrected chi connectivity index (χ2v) is 12.0. The van der Waals surface area contributed by atoms with Crippen LogP contribution in [-0.2, 0) is 11.0 Å². The van der Waals surface area contributed by atoms with Crippen molar-refractivity contribution >= 4 is 11.0 Å². The van der Waals surface area contributed by atoms with Crippen LogP contribution in [0, 0.1) is 22.7 Å². The van der Waals surface area contributed by atoms with Gasteiger partial charge in [0, 0.05) is 6.04 Å². The zero-order chi connectivity index (χ0) is 17.9. The molecule has 4 aliphatic rings. The van der Waals surface area contributed by atoms with Crippen molar-refractivity contribution in [3.8, 4) is 0 Å². The largest absolute Gasteiger partial charge is 0.242 e. The van der Waals surface area contributed by atoms with Gasteiger partial charge in [-0.25, -0.2) is 8.93 Å². The van der Waals surface area contributed by atoms with E-state index in [0.29, 0.717) is 22.8 Å². The summed E-state index contributed by atoms with van der Waals surface area (Å²) < 4.78 is 16.5. The molecule has 3 heteroatoms. The molecule has 3 atom stereocenters. The van der Waals surface area contributed by atoms with E-state index in [-0.39, 0.29) is 4.75 Å². The van der Waals surface area contributed by atoms with Gasteiger partial charge in [-0.15, -0.1) is 0 Å². The Morgan fingerprint density at radius 1 is 1.16 bits per heavy atom. The van der Waals surface area contributed by atoms with Gasteiger partial charge in [0.25, 0.3) is 0 Å². The van der Waals surface area contributed by atoms with E-state index in [2.05, 4.69) is 50.6 Å². The maximum atomic E-state index is 13.0. The molecule has 0 aromatic carbocycles. The van der Waals surface area contributed by atoms with Gasteiger partial charge in [0.2, 0.25) is 0 Å². The summed E-state index contributed by atoms with van der Waals surface area (Å²) in [6, 6.07) is 0.322. The molecule has 0 bridgehead atoms. The van der Waals surface area contributed by atoms with Crippen LogP contribution in [0.3, 0.4) is 0 Å². The van der Waals surface area contributed by atoms with E-state index in [1.807, 2.05) is 0 Å². The lowest BCUT2D eigenvalue weighted by Gasteiger charge is -2.47. The topological polar surface area (TPSA) is 29.1 Å². The van der Waals surface area contributed by atoms with Crippen molar-refractivity contribution < 1.29 is 4.21 Å². The average Bonchev–Trinajstić information content (AvgIpc) is 3.37. The van der Waals surface area contributed by atoms with Crippen LogP contribution in [0.25, 0.3) is 0 Å². The van der Waals surface area contributed by atoms with Gasteiger partial charge >= 0.3 is 0 Å². The SMILES string of the molecule is CCC1CCC2(CC1)[C@H](N[S@@](=O)C(C)(C)C)C1=CC=CCC1C21CC1. The minimum atomic E-state index is -1.00. The number of hydrogen-bond donors (Lipinski definition) is 1. The van der Waals surface area contributed by atoms with Crippen LogP contribution in [0.2, 0.25) is 0 Å². The summed E-state index contributed by atoms with van der Waals surface area (Å²) in [4.78, 5) is 0. The van der Waals surface area contributed by atoms with Crippen molar-refractivity contribution in [3.05, 3.63) is 23.8 Å². The molecule has 0 saturated heterocycles. The molecule has 0 radical (unpaired) electrons. The Morgan fingerprint density at radius 2 is 1.84 bits per heavy atom. The Labute approximate surface area is 156 Å². The highest BCUT2D eigenvalue weighted by atomic mass is 32.2. The quantitative estimate of drug-likeness (QED) is 0.727. The Balaban J connectivity index is 1.71. The molecule has 3 saturated carbocycles. The second-order valence-electron chi connectivity index (χ2n) is 9.98. The lowest BCUT2D eigenvalue weighted by molar-refractivity contribution is 0.0484. The predicted octanol–water partition coefficient (Wildman–Crippen LogP) is 5.29. The molecule has 0 aromatic rings. The van der Waals surface area contributed by atoms with Crippen LogP contribution in [0.15, 0.2) is 23.8 Å². The molecular formula is C22H35NOS. The van der Waals surface area contributed by atoms with Crippen LogP contribution < -0.4 is 4.72 Å². The summed E-state index contributed by atoms with van der Waals surface area (Å²) in [7, 11) is -1.00. The van der Waals surface area contributed by atoms with Crippen molar-refractivity contribution in [2.75, 3.05) is 0 Å². The van der Waals surface area contributed by atoms with E-state index in [4.69, 9.17) is 0 Å². The van der Waals surface area contributed by atoms with Gasteiger partial charge in [-0.2, -0.15) is 0 Å². The van der Waals surface area contributed by atoms with Crippen molar-refractivity contribution in [3.63, 3.8) is 0 Å². The first kappa shape index (κ1) is 18.0. The van der Waals surface area contributed by atoms with Crippen molar-refractivity contribution in [1.29, 1.82) is 0 Å². The molecule has 0 aliphatic heterocycles. The van der Waals surface area contributed by atoms with Gasteiger partial charge in [0.15, 0.2) is 0 Å². The van der Waals surface area contributed by atoms with E-state index in [9.17, 15) is 4.21 Å². The fourth-order valence-electron chi connectivity index (χ4n) is 6.27. The molecule has 2 nitrogen and oxygen atoms in total. The van der Waals surface area contributed by atoms with Gasteiger partial charge in [0.05, 0.1) is 15.7 Å². The molecule has 140 valence electrons. The van der Waals surface area contributed by atoms with Crippen LogP contribution in [-0.4, -0.2) is 15.0 Å². The maximum absolute atomic E-state index is 13.0. The summed E-state index contributed by atoms with van der Waals surface area (Å²) in [5.74, 6) is 1.61. The molecule has 0 heterocycles. The van der Waals surface area contributed by atoms with Crippen molar-refractivity contribution in [1.82, 2.24) is 4.72 Å². The number of allylic oxidation sites excluding steroid dienone is 3. The molecule has 25 heavy (non-hydrogen) atoms. The molecule has 4 aliphatic carbocycles. The van der Waals surface area contributed by atoms with Crippen LogP contribution >= 0.6 is 0 Å². The molecule has 4 rings (SSSR count). The van der Waals surface area contributed by atoms with E-state index in [0.717, 1.165) is 5.92 Å². The maximum Gasteiger partial charge on any atom is 0.0976 e. The van der Waals surface area contributed by atoms with Crippen LogP contribution in [0.4, 0.5) is 0 Å². The Bertz CT molecular complexity index is 614. The normalized spacial score (nSPS) is 40.2. The third kappa shape index (κ3) is 2.64. The number of fused-ring (bicyclic) bond motifs is 3. The first-order valence-corrected chi connectivity index (χ1v) is 11.5. The van der Waals surface area contributed by atoms with E-state index >= 15 is 0 Å². The van der Waals surface area contributed by atoms with Gasteiger partial charge < -0.3 is 0 Å². The summed E-state index contributed by atoms with van der Waals surface area (Å²) in [6.07, 6.45) is 17.7. The smallest absolute Gasteiger partial charge is 0.0976 e. The van der Waals surface area contributed by atoms with Crippen LogP contribution in [0.1, 0.15) is 79.1 Å². The third-order valence-corrected chi connectivity index (χ3v) is 9.45. The summed E-state index contributed by atoms with van der Waals surface area (Å²) >= 11 is 0. The minimum absolute atomic E-state index is 0.207. The fourth-order valence-corrected chi connectivity index (χ4v) is 7.20. The monoisotopic (exact) mass is 361 g/mol. The summed E-state index contributed by atoms with van der Waals surface area (Å²) in [6.45, 7) is 8.61. The first-order chi connectivity index (χ1) is 11.8. The highest BCUT2D eigenvalue weighted by Crippen LogP contribution is 2.76. The van der Waals surface area contributed by atoms with Gasteiger partial charge in [-0.05, 0) is 94.0 Å². The third-order valence-electron chi connectivity index (χ3n) is 7.89. The van der Waals surface area contributed by atoms with Gasteiger partial charge in [-0.1, -0.05) is 31.6 Å². The molecule has 3 fully saturated rings. The van der Waals surface area contributed by atoms with Crippen molar-refractivity contribution in [2.24, 2.45) is 22.7 Å². The minimum Gasteiger partial charge on any atom is -0.242 e. The summed E-state index contributed by atoms with van der Waals surface area (Å²) in [5, 5.41) is 0. The van der Waals surface area contributed by atoms with Crippen LogP contribution in [0.5, 0.6) is 0 Å². The van der Waals surface area contributed by atoms with Crippen molar-refractivity contribution in [2.45, 2.75) is 89.9 Å². The standard InChI is InChI=1S/C22H35NOS/c1-5-16-10-12-22(13-11-16)19(23-25(24)20(2,3)4)17-8-6-7-9-18(17)21(22)14-15-21/h6-8,16,18-19,23H,5,9-15H2,1-4H3/t16?,18?,19-,22?,25+/m1/s1. The van der Waals surface area contributed by atoms with Gasteiger partial charge in [-0.3, -0.25) is 0 Å².